The molecule has 3 rings (SSSR count). The van der Waals surface area contributed by atoms with Gasteiger partial charge in [0.05, 0.1) is 10.7 Å². The first kappa shape index (κ1) is 17.4. The topological polar surface area (TPSA) is 94.2 Å². The van der Waals surface area contributed by atoms with Gasteiger partial charge in [0, 0.05) is 37.8 Å². The third kappa shape index (κ3) is 3.98. The second-order valence-corrected chi connectivity index (χ2v) is 6.85. The van der Waals surface area contributed by atoms with E-state index in [2.05, 4.69) is 10.2 Å². The third-order valence-electron chi connectivity index (χ3n) is 4.18. The Hall–Kier alpha value is -2.42. The van der Waals surface area contributed by atoms with Crippen molar-refractivity contribution in [2.24, 2.45) is 7.05 Å². The summed E-state index contributed by atoms with van der Waals surface area (Å²) >= 11 is 1.34. The fourth-order valence-electron chi connectivity index (χ4n) is 2.81. The molecule has 0 saturated carbocycles. The summed E-state index contributed by atoms with van der Waals surface area (Å²) in [5.74, 6) is 0.974. The molecule has 0 bridgehead atoms. The summed E-state index contributed by atoms with van der Waals surface area (Å²) in [6.07, 6.45) is 3.32. The van der Waals surface area contributed by atoms with E-state index in [0.29, 0.717) is 22.3 Å². The largest absolute Gasteiger partial charge is 0.342 e. The molecule has 25 heavy (non-hydrogen) atoms. The van der Waals surface area contributed by atoms with Crippen molar-refractivity contribution in [1.82, 2.24) is 19.7 Å². The van der Waals surface area contributed by atoms with Gasteiger partial charge in [-0.2, -0.15) is 0 Å². The molecular weight excluding hydrogens is 342 g/mol. The summed E-state index contributed by atoms with van der Waals surface area (Å²) in [5, 5.41) is 19.8. The molecule has 8 nitrogen and oxygen atoms in total. The van der Waals surface area contributed by atoms with Crippen molar-refractivity contribution in [3.05, 3.63) is 34.4 Å². The van der Waals surface area contributed by atoms with E-state index in [1.165, 1.54) is 30.3 Å². The SMILES string of the molecule is Cn1c(SCC(=O)N2CCCCC2)nnc1-c1cccc([N+](=O)[O-])c1. The minimum Gasteiger partial charge on any atom is -0.342 e. The molecule has 0 unspecified atom stereocenters. The van der Waals surface area contributed by atoms with Crippen LogP contribution in [0, 0.1) is 10.1 Å². The average molecular weight is 361 g/mol. The van der Waals surface area contributed by atoms with Crippen LogP contribution in [0.15, 0.2) is 29.4 Å². The Labute approximate surface area is 149 Å². The van der Waals surface area contributed by atoms with Crippen LogP contribution in [-0.4, -0.2) is 49.3 Å². The molecule has 1 fully saturated rings. The number of carbonyl (C=O) groups excluding carboxylic acids is 1. The van der Waals surface area contributed by atoms with Crippen molar-refractivity contribution in [3.8, 4) is 11.4 Å². The zero-order chi connectivity index (χ0) is 17.8. The fourth-order valence-corrected chi connectivity index (χ4v) is 3.63. The molecule has 0 atom stereocenters. The van der Waals surface area contributed by atoms with Crippen molar-refractivity contribution in [3.63, 3.8) is 0 Å². The van der Waals surface area contributed by atoms with Gasteiger partial charge in [0.1, 0.15) is 0 Å². The summed E-state index contributed by atoms with van der Waals surface area (Å²) in [5.41, 5.74) is 0.633. The molecule has 2 heterocycles. The molecule has 1 saturated heterocycles. The van der Waals surface area contributed by atoms with Gasteiger partial charge in [-0.25, -0.2) is 0 Å². The van der Waals surface area contributed by atoms with Crippen molar-refractivity contribution < 1.29 is 9.72 Å². The van der Waals surface area contributed by atoms with E-state index in [0.717, 1.165) is 25.9 Å². The Bertz CT molecular complexity index is 786. The number of likely N-dealkylation sites (tertiary alicyclic amines) is 1. The predicted molar refractivity (Wildman–Crippen MR) is 94.2 cm³/mol. The van der Waals surface area contributed by atoms with Gasteiger partial charge in [-0.05, 0) is 19.3 Å². The fraction of sp³-hybridized carbons (Fsp3) is 0.438. The van der Waals surface area contributed by atoms with Gasteiger partial charge in [-0.1, -0.05) is 23.9 Å². The normalized spacial score (nSPS) is 14.5. The van der Waals surface area contributed by atoms with Crippen LogP contribution < -0.4 is 0 Å². The second kappa shape index (κ2) is 7.64. The molecule has 1 amide bonds. The Morgan fingerprint density at radius 1 is 1.28 bits per heavy atom. The van der Waals surface area contributed by atoms with Crippen LogP contribution in [0.5, 0.6) is 0 Å². The number of rotatable bonds is 5. The first-order valence-corrected chi connectivity index (χ1v) is 9.09. The number of carbonyl (C=O) groups is 1. The van der Waals surface area contributed by atoms with Gasteiger partial charge < -0.3 is 9.47 Å². The first-order chi connectivity index (χ1) is 12.1. The van der Waals surface area contributed by atoms with Gasteiger partial charge in [-0.15, -0.1) is 10.2 Å². The van der Waals surface area contributed by atoms with Gasteiger partial charge >= 0.3 is 0 Å². The van der Waals surface area contributed by atoms with Crippen LogP contribution in [0.25, 0.3) is 11.4 Å². The zero-order valence-electron chi connectivity index (χ0n) is 13.9. The number of amides is 1. The average Bonchev–Trinajstić information content (AvgIpc) is 3.01. The lowest BCUT2D eigenvalue weighted by molar-refractivity contribution is -0.384. The molecule has 2 aromatic rings. The number of nitro benzene ring substituents is 1. The van der Waals surface area contributed by atoms with Crippen molar-refractivity contribution in [2.75, 3.05) is 18.8 Å². The maximum absolute atomic E-state index is 12.3. The maximum atomic E-state index is 12.3. The monoisotopic (exact) mass is 361 g/mol. The lowest BCUT2D eigenvalue weighted by atomic mass is 10.1. The van der Waals surface area contributed by atoms with Gasteiger partial charge in [0.15, 0.2) is 11.0 Å². The Morgan fingerprint density at radius 3 is 2.76 bits per heavy atom. The summed E-state index contributed by atoms with van der Waals surface area (Å²) in [4.78, 5) is 24.6. The van der Waals surface area contributed by atoms with E-state index in [4.69, 9.17) is 0 Å². The molecule has 1 aliphatic rings. The smallest absolute Gasteiger partial charge is 0.270 e. The van der Waals surface area contributed by atoms with Gasteiger partial charge in [-0.3, -0.25) is 14.9 Å². The minimum atomic E-state index is -0.438. The van der Waals surface area contributed by atoms with E-state index in [-0.39, 0.29) is 11.6 Å². The Kier molecular flexibility index (Phi) is 5.32. The van der Waals surface area contributed by atoms with Crippen LogP contribution in [-0.2, 0) is 11.8 Å². The minimum absolute atomic E-state index is 0.00924. The molecule has 0 aliphatic carbocycles. The molecule has 0 N–H and O–H groups in total. The van der Waals surface area contributed by atoms with Crippen molar-refractivity contribution in [2.45, 2.75) is 24.4 Å². The number of nitrogens with zero attached hydrogens (tertiary/aromatic N) is 5. The summed E-state index contributed by atoms with van der Waals surface area (Å²) in [7, 11) is 1.79. The first-order valence-electron chi connectivity index (χ1n) is 8.11. The lowest BCUT2D eigenvalue weighted by Crippen LogP contribution is -2.36. The number of thioether (sulfide) groups is 1. The number of benzene rings is 1. The van der Waals surface area contributed by atoms with E-state index in [1.807, 2.05) is 4.90 Å². The Balaban J connectivity index is 1.70. The predicted octanol–water partition coefficient (Wildman–Crippen LogP) is 2.49. The highest BCUT2D eigenvalue weighted by Crippen LogP contribution is 2.25. The number of non-ortho nitro benzene ring substituents is 1. The highest BCUT2D eigenvalue weighted by Gasteiger charge is 2.19. The van der Waals surface area contributed by atoms with Crippen LogP contribution >= 0.6 is 11.8 Å². The number of hydrogen-bond donors (Lipinski definition) is 0. The summed E-state index contributed by atoms with van der Waals surface area (Å²) in [6, 6.07) is 6.28. The quantitative estimate of drug-likeness (QED) is 0.461. The lowest BCUT2D eigenvalue weighted by Gasteiger charge is -2.26. The van der Waals surface area contributed by atoms with E-state index < -0.39 is 4.92 Å². The van der Waals surface area contributed by atoms with Crippen LogP contribution in [0.4, 0.5) is 5.69 Å². The molecule has 9 heteroatoms. The number of piperidine rings is 1. The Morgan fingerprint density at radius 2 is 2.04 bits per heavy atom. The molecule has 1 aliphatic heterocycles. The maximum Gasteiger partial charge on any atom is 0.270 e. The highest BCUT2D eigenvalue weighted by molar-refractivity contribution is 7.99. The van der Waals surface area contributed by atoms with E-state index >= 15 is 0 Å². The number of nitro groups is 1. The van der Waals surface area contributed by atoms with Crippen molar-refractivity contribution in [1.29, 1.82) is 0 Å². The molecular formula is C16H19N5O3S. The van der Waals surface area contributed by atoms with E-state index in [9.17, 15) is 14.9 Å². The van der Waals surface area contributed by atoms with Crippen molar-refractivity contribution >= 4 is 23.4 Å². The molecule has 0 spiro atoms. The highest BCUT2D eigenvalue weighted by atomic mass is 32.2. The van der Waals surface area contributed by atoms with Crippen LogP contribution in [0.2, 0.25) is 0 Å². The standard InChI is InChI=1S/C16H19N5O3S/c1-19-15(12-6-5-7-13(10-12)21(23)24)17-18-16(19)25-11-14(22)20-8-3-2-4-9-20/h5-7,10H,2-4,8-9,11H2,1H3. The molecule has 132 valence electrons. The number of aromatic nitrogens is 3. The summed E-state index contributed by atoms with van der Waals surface area (Å²) < 4.78 is 1.76. The van der Waals surface area contributed by atoms with Crippen LogP contribution in [0.1, 0.15) is 19.3 Å². The van der Waals surface area contributed by atoms with Crippen LogP contribution in [0.3, 0.4) is 0 Å². The summed E-state index contributed by atoms with van der Waals surface area (Å²) in [6.45, 7) is 1.66. The third-order valence-corrected chi connectivity index (χ3v) is 5.19. The second-order valence-electron chi connectivity index (χ2n) is 5.90. The molecule has 1 aromatic heterocycles. The van der Waals surface area contributed by atoms with Gasteiger partial charge in [0.2, 0.25) is 5.91 Å². The van der Waals surface area contributed by atoms with E-state index in [1.54, 1.807) is 23.7 Å². The molecule has 0 radical (unpaired) electrons. The molecule has 1 aromatic carbocycles. The number of hydrogen-bond acceptors (Lipinski definition) is 6. The zero-order valence-corrected chi connectivity index (χ0v) is 14.7. The van der Waals surface area contributed by atoms with Gasteiger partial charge in [0.25, 0.3) is 5.69 Å².